The Morgan fingerprint density at radius 1 is 1.09 bits per heavy atom. The van der Waals surface area contributed by atoms with Gasteiger partial charge in [-0.05, 0) is 30.2 Å². The van der Waals surface area contributed by atoms with E-state index in [1.165, 1.54) is 0 Å². The number of nitrogens with one attached hydrogen (secondary N) is 2. The smallest absolute Gasteiger partial charge is 0.243 e. The van der Waals surface area contributed by atoms with Gasteiger partial charge in [0.2, 0.25) is 5.91 Å². The van der Waals surface area contributed by atoms with Crippen molar-refractivity contribution < 1.29 is 4.79 Å². The molecule has 3 aromatic rings. The highest BCUT2D eigenvalue weighted by Crippen LogP contribution is 2.11. The molecule has 4 nitrogen and oxygen atoms in total. The lowest BCUT2D eigenvalue weighted by Crippen LogP contribution is -2.22. The van der Waals surface area contributed by atoms with Crippen LogP contribution in [-0.4, -0.2) is 22.4 Å². The summed E-state index contributed by atoms with van der Waals surface area (Å²) in [5, 5.41) is 2.89. The second-order valence-corrected chi connectivity index (χ2v) is 5.34. The number of nitrogens with zero attached hydrogens (tertiary/aromatic N) is 1. The molecule has 0 unspecified atom stereocenters. The molecule has 0 aliphatic carbocycles. The summed E-state index contributed by atoms with van der Waals surface area (Å²) in [7, 11) is 0. The minimum absolute atomic E-state index is 0.0709. The van der Waals surface area contributed by atoms with Crippen molar-refractivity contribution in [2.24, 2.45) is 0 Å². The van der Waals surface area contributed by atoms with Crippen LogP contribution in [0.1, 0.15) is 17.8 Å². The summed E-state index contributed by atoms with van der Waals surface area (Å²) >= 11 is 0. The quantitative estimate of drug-likeness (QED) is 0.542. The number of aromatic amines is 1. The summed E-state index contributed by atoms with van der Waals surface area (Å²) < 4.78 is 0. The van der Waals surface area contributed by atoms with Gasteiger partial charge < -0.3 is 10.3 Å². The van der Waals surface area contributed by atoms with Gasteiger partial charge in [-0.15, -0.1) is 0 Å². The lowest BCUT2D eigenvalue weighted by atomic mass is 10.2. The van der Waals surface area contributed by atoms with E-state index in [-0.39, 0.29) is 5.91 Å². The SMILES string of the molecule is O=C(/C=C/c1ccccc1)NCCCc1nc2ccccc2[nH]1. The largest absolute Gasteiger partial charge is 0.353 e. The highest BCUT2D eigenvalue weighted by molar-refractivity contribution is 5.91. The number of para-hydroxylation sites is 2. The van der Waals surface area contributed by atoms with E-state index in [0.29, 0.717) is 6.54 Å². The molecule has 3 rings (SSSR count). The van der Waals surface area contributed by atoms with Gasteiger partial charge in [-0.25, -0.2) is 4.98 Å². The Labute approximate surface area is 135 Å². The third-order valence-corrected chi connectivity index (χ3v) is 3.55. The lowest BCUT2D eigenvalue weighted by molar-refractivity contribution is -0.116. The number of imidazole rings is 1. The van der Waals surface area contributed by atoms with Gasteiger partial charge in [0.25, 0.3) is 0 Å². The number of H-pyrrole nitrogens is 1. The van der Waals surface area contributed by atoms with Gasteiger partial charge in [0.1, 0.15) is 5.82 Å². The summed E-state index contributed by atoms with van der Waals surface area (Å²) in [6, 6.07) is 17.8. The predicted molar refractivity (Wildman–Crippen MR) is 92.9 cm³/mol. The van der Waals surface area contributed by atoms with E-state index in [0.717, 1.165) is 35.3 Å². The van der Waals surface area contributed by atoms with Crippen LogP contribution < -0.4 is 5.32 Å². The first-order chi connectivity index (χ1) is 11.3. The van der Waals surface area contributed by atoms with Crippen LogP contribution in [0.5, 0.6) is 0 Å². The molecule has 0 aliphatic heterocycles. The molecule has 0 fully saturated rings. The zero-order chi connectivity index (χ0) is 15.9. The molecule has 2 aromatic carbocycles. The molecule has 23 heavy (non-hydrogen) atoms. The van der Waals surface area contributed by atoms with Crippen LogP contribution in [0.15, 0.2) is 60.7 Å². The number of carbonyl (C=O) groups is 1. The molecule has 0 saturated heterocycles. The highest BCUT2D eigenvalue weighted by Gasteiger charge is 2.02. The van der Waals surface area contributed by atoms with Crippen molar-refractivity contribution in [2.75, 3.05) is 6.54 Å². The Morgan fingerprint density at radius 2 is 1.87 bits per heavy atom. The molecule has 0 radical (unpaired) electrons. The van der Waals surface area contributed by atoms with E-state index in [4.69, 9.17) is 0 Å². The average Bonchev–Trinajstić information content (AvgIpc) is 3.00. The van der Waals surface area contributed by atoms with Crippen molar-refractivity contribution >= 4 is 23.0 Å². The second-order valence-electron chi connectivity index (χ2n) is 5.34. The Kier molecular flexibility index (Phi) is 4.84. The molecule has 116 valence electrons. The number of aromatic nitrogens is 2. The molecule has 1 aromatic heterocycles. The Bertz CT molecular complexity index is 773. The summed E-state index contributed by atoms with van der Waals surface area (Å²) in [6.07, 6.45) is 5.05. The summed E-state index contributed by atoms with van der Waals surface area (Å²) in [5.74, 6) is 0.888. The fraction of sp³-hybridized carbons (Fsp3) is 0.158. The second kappa shape index (κ2) is 7.40. The number of aryl methyl sites for hydroxylation is 1. The normalized spacial score (nSPS) is 11.1. The van der Waals surface area contributed by atoms with E-state index in [2.05, 4.69) is 15.3 Å². The van der Waals surface area contributed by atoms with Gasteiger partial charge in [0, 0.05) is 19.0 Å². The number of fused-ring (bicyclic) bond motifs is 1. The maximum absolute atomic E-state index is 11.7. The highest BCUT2D eigenvalue weighted by atomic mass is 16.1. The molecular formula is C19H19N3O. The van der Waals surface area contributed by atoms with Crippen LogP contribution >= 0.6 is 0 Å². The van der Waals surface area contributed by atoms with Crippen molar-refractivity contribution in [3.63, 3.8) is 0 Å². The third-order valence-electron chi connectivity index (χ3n) is 3.55. The molecule has 1 amide bonds. The van der Waals surface area contributed by atoms with E-state index >= 15 is 0 Å². The molecule has 4 heteroatoms. The van der Waals surface area contributed by atoms with Crippen LogP contribution in [-0.2, 0) is 11.2 Å². The molecule has 0 bridgehead atoms. The zero-order valence-electron chi connectivity index (χ0n) is 12.8. The standard InChI is InChI=1S/C19H19N3O/c23-19(13-12-15-7-2-1-3-8-15)20-14-6-11-18-21-16-9-4-5-10-17(16)22-18/h1-5,7-10,12-13H,6,11,14H2,(H,20,23)(H,21,22)/b13-12+. The first kappa shape index (κ1) is 15.0. The zero-order valence-corrected chi connectivity index (χ0v) is 12.8. The lowest BCUT2D eigenvalue weighted by Gasteiger charge is -2.00. The molecule has 2 N–H and O–H groups in total. The predicted octanol–water partition coefficient (Wildman–Crippen LogP) is 3.33. The van der Waals surface area contributed by atoms with Gasteiger partial charge in [0.05, 0.1) is 11.0 Å². The molecule has 1 heterocycles. The summed E-state index contributed by atoms with van der Waals surface area (Å²) in [5.41, 5.74) is 3.06. The van der Waals surface area contributed by atoms with Crippen LogP contribution in [0, 0.1) is 0 Å². The third kappa shape index (κ3) is 4.30. The van der Waals surface area contributed by atoms with Crippen molar-refractivity contribution in [1.29, 1.82) is 0 Å². The summed E-state index contributed by atoms with van der Waals surface area (Å²) in [4.78, 5) is 19.6. The van der Waals surface area contributed by atoms with Crippen LogP contribution in [0.4, 0.5) is 0 Å². The number of carbonyl (C=O) groups excluding carboxylic acids is 1. The van der Waals surface area contributed by atoms with Gasteiger partial charge in [-0.2, -0.15) is 0 Å². The molecule has 0 saturated carbocycles. The van der Waals surface area contributed by atoms with Crippen LogP contribution in [0.3, 0.4) is 0 Å². The molecular weight excluding hydrogens is 286 g/mol. The van der Waals surface area contributed by atoms with Crippen molar-refractivity contribution in [2.45, 2.75) is 12.8 Å². The summed E-state index contributed by atoms with van der Waals surface area (Å²) in [6.45, 7) is 0.634. The molecule has 0 aliphatic rings. The van der Waals surface area contributed by atoms with Crippen LogP contribution in [0.2, 0.25) is 0 Å². The minimum atomic E-state index is -0.0709. The number of hydrogen-bond donors (Lipinski definition) is 2. The number of rotatable bonds is 6. The Hall–Kier alpha value is -2.88. The topological polar surface area (TPSA) is 57.8 Å². The van der Waals surface area contributed by atoms with E-state index in [1.54, 1.807) is 6.08 Å². The van der Waals surface area contributed by atoms with Crippen molar-refractivity contribution in [1.82, 2.24) is 15.3 Å². The first-order valence-electron chi connectivity index (χ1n) is 7.76. The number of hydrogen-bond acceptors (Lipinski definition) is 2. The monoisotopic (exact) mass is 305 g/mol. The van der Waals surface area contributed by atoms with Crippen molar-refractivity contribution in [3.05, 3.63) is 72.1 Å². The number of benzene rings is 2. The van der Waals surface area contributed by atoms with Gasteiger partial charge in [0.15, 0.2) is 0 Å². The fourth-order valence-electron chi connectivity index (χ4n) is 2.39. The van der Waals surface area contributed by atoms with E-state index < -0.39 is 0 Å². The Morgan fingerprint density at radius 3 is 2.70 bits per heavy atom. The minimum Gasteiger partial charge on any atom is -0.353 e. The van der Waals surface area contributed by atoms with Crippen LogP contribution in [0.25, 0.3) is 17.1 Å². The van der Waals surface area contributed by atoms with Crippen molar-refractivity contribution in [3.8, 4) is 0 Å². The van der Waals surface area contributed by atoms with Gasteiger partial charge in [-0.1, -0.05) is 42.5 Å². The van der Waals surface area contributed by atoms with Gasteiger partial charge >= 0.3 is 0 Å². The maximum atomic E-state index is 11.7. The first-order valence-corrected chi connectivity index (χ1v) is 7.76. The average molecular weight is 305 g/mol. The Balaban J connectivity index is 1.42. The van der Waals surface area contributed by atoms with E-state index in [9.17, 15) is 4.79 Å². The maximum Gasteiger partial charge on any atom is 0.243 e. The molecule has 0 spiro atoms. The molecule has 0 atom stereocenters. The van der Waals surface area contributed by atoms with Gasteiger partial charge in [-0.3, -0.25) is 4.79 Å². The number of amides is 1. The van der Waals surface area contributed by atoms with E-state index in [1.807, 2.05) is 60.7 Å². The fourth-order valence-corrected chi connectivity index (χ4v) is 2.39.